The van der Waals surface area contributed by atoms with Gasteiger partial charge in [-0.3, -0.25) is 4.79 Å². The van der Waals surface area contributed by atoms with E-state index in [2.05, 4.69) is 10.3 Å². The van der Waals surface area contributed by atoms with Gasteiger partial charge in [-0.15, -0.1) is 0 Å². The lowest BCUT2D eigenvalue weighted by Crippen LogP contribution is -2.40. The summed E-state index contributed by atoms with van der Waals surface area (Å²) in [7, 11) is 0. The lowest BCUT2D eigenvalue weighted by atomic mass is 10.1. The first-order valence-corrected chi connectivity index (χ1v) is 10.8. The van der Waals surface area contributed by atoms with E-state index in [1.54, 1.807) is 0 Å². The van der Waals surface area contributed by atoms with Crippen molar-refractivity contribution in [2.75, 3.05) is 31.6 Å². The van der Waals surface area contributed by atoms with E-state index in [0.717, 1.165) is 27.8 Å². The molecule has 0 unspecified atom stereocenters. The van der Waals surface area contributed by atoms with Crippen LogP contribution in [0.3, 0.4) is 0 Å². The van der Waals surface area contributed by atoms with Crippen molar-refractivity contribution in [1.29, 1.82) is 0 Å². The number of hydrogen-bond acceptors (Lipinski definition) is 5. The molecule has 1 fully saturated rings. The molecule has 0 radical (unpaired) electrons. The maximum Gasteiger partial charge on any atom is 0.254 e. The highest BCUT2D eigenvalue weighted by Crippen LogP contribution is 2.30. The number of halogens is 1. The van der Waals surface area contributed by atoms with Crippen LogP contribution in [0.2, 0.25) is 5.02 Å². The molecule has 0 bridgehead atoms. The Morgan fingerprint density at radius 2 is 1.75 bits per heavy atom. The third kappa shape index (κ3) is 4.28. The molecular weight excluding hydrogens is 424 g/mol. The molecule has 7 heteroatoms. The van der Waals surface area contributed by atoms with Gasteiger partial charge < -0.3 is 15.0 Å². The smallest absolute Gasteiger partial charge is 0.254 e. The standard InChI is InChI=1S/C25H21ClN4O2/c26-19-9-10-22-21(16-19)23(17-5-2-1-3-6-17)29-25(28-22)27-20-8-4-7-18(15-20)24(31)30-11-13-32-14-12-30/h1-10,15-16H,11-14H2,(H,27,28,29). The normalized spacial score (nSPS) is 13.8. The monoisotopic (exact) mass is 444 g/mol. The van der Waals surface area contributed by atoms with E-state index < -0.39 is 0 Å². The van der Waals surface area contributed by atoms with E-state index in [4.69, 9.17) is 21.3 Å². The van der Waals surface area contributed by atoms with Crippen LogP contribution in [0, 0.1) is 0 Å². The molecule has 1 aliphatic rings. The first-order valence-electron chi connectivity index (χ1n) is 10.4. The Balaban J connectivity index is 1.49. The summed E-state index contributed by atoms with van der Waals surface area (Å²) in [6, 6.07) is 22.9. The van der Waals surface area contributed by atoms with Gasteiger partial charge in [-0.05, 0) is 36.4 Å². The first-order chi connectivity index (χ1) is 15.7. The van der Waals surface area contributed by atoms with Crippen molar-refractivity contribution in [1.82, 2.24) is 14.9 Å². The molecular formula is C25H21ClN4O2. The number of carbonyl (C=O) groups excluding carboxylic acids is 1. The van der Waals surface area contributed by atoms with E-state index in [1.807, 2.05) is 77.7 Å². The fourth-order valence-electron chi connectivity index (χ4n) is 3.78. The van der Waals surface area contributed by atoms with Crippen LogP contribution >= 0.6 is 11.6 Å². The Labute approximate surface area is 190 Å². The van der Waals surface area contributed by atoms with Gasteiger partial charge in [0.15, 0.2) is 0 Å². The van der Waals surface area contributed by atoms with Gasteiger partial charge in [0.25, 0.3) is 5.91 Å². The van der Waals surface area contributed by atoms with E-state index in [1.165, 1.54) is 0 Å². The van der Waals surface area contributed by atoms with Crippen LogP contribution in [-0.2, 0) is 4.74 Å². The second-order valence-corrected chi connectivity index (χ2v) is 7.97. The van der Waals surface area contributed by atoms with Crippen LogP contribution in [0.25, 0.3) is 22.2 Å². The van der Waals surface area contributed by atoms with Gasteiger partial charge in [-0.2, -0.15) is 0 Å². The Bertz CT molecular complexity index is 1270. The van der Waals surface area contributed by atoms with E-state index >= 15 is 0 Å². The third-order valence-electron chi connectivity index (χ3n) is 5.37. The summed E-state index contributed by atoms with van der Waals surface area (Å²) < 4.78 is 5.35. The number of nitrogens with zero attached hydrogens (tertiary/aromatic N) is 3. The number of morpholine rings is 1. The SMILES string of the molecule is O=C(c1cccc(Nc2nc(-c3ccccc3)c3cc(Cl)ccc3n2)c1)N1CCOCC1. The van der Waals surface area contributed by atoms with Crippen molar-refractivity contribution in [3.8, 4) is 11.3 Å². The van der Waals surface area contributed by atoms with Crippen LogP contribution < -0.4 is 5.32 Å². The van der Waals surface area contributed by atoms with Gasteiger partial charge in [-0.1, -0.05) is 48.0 Å². The largest absolute Gasteiger partial charge is 0.378 e. The first kappa shape index (κ1) is 20.4. The lowest BCUT2D eigenvalue weighted by Gasteiger charge is -2.27. The molecule has 0 aliphatic carbocycles. The van der Waals surface area contributed by atoms with Crippen molar-refractivity contribution < 1.29 is 9.53 Å². The van der Waals surface area contributed by atoms with Gasteiger partial charge in [0, 0.05) is 40.3 Å². The highest BCUT2D eigenvalue weighted by molar-refractivity contribution is 6.31. The summed E-state index contributed by atoms with van der Waals surface area (Å²) in [5.41, 5.74) is 3.91. The van der Waals surface area contributed by atoms with Crippen molar-refractivity contribution in [2.24, 2.45) is 0 Å². The molecule has 2 heterocycles. The zero-order valence-corrected chi connectivity index (χ0v) is 18.0. The highest BCUT2D eigenvalue weighted by Gasteiger charge is 2.19. The average molecular weight is 445 g/mol. The molecule has 1 amide bonds. The summed E-state index contributed by atoms with van der Waals surface area (Å²) in [6.45, 7) is 2.35. The summed E-state index contributed by atoms with van der Waals surface area (Å²) in [5.74, 6) is 0.450. The second-order valence-electron chi connectivity index (χ2n) is 7.53. The molecule has 0 atom stereocenters. The zero-order valence-electron chi connectivity index (χ0n) is 17.3. The molecule has 1 aromatic heterocycles. The fourth-order valence-corrected chi connectivity index (χ4v) is 3.95. The molecule has 160 valence electrons. The Kier molecular flexibility index (Phi) is 5.71. The van der Waals surface area contributed by atoms with Crippen LogP contribution in [0.5, 0.6) is 0 Å². The van der Waals surface area contributed by atoms with E-state index in [-0.39, 0.29) is 5.91 Å². The Morgan fingerprint density at radius 1 is 0.938 bits per heavy atom. The molecule has 5 rings (SSSR count). The molecule has 32 heavy (non-hydrogen) atoms. The number of hydrogen-bond donors (Lipinski definition) is 1. The minimum absolute atomic E-state index is 0.00371. The molecule has 3 aromatic carbocycles. The van der Waals surface area contributed by atoms with E-state index in [0.29, 0.717) is 42.8 Å². The zero-order chi connectivity index (χ0) is 21.9. The molecule has 0 saturated carbocycles. The number of anilines is 2. The fraction of sp³-hybridized carbons (Fsp3) is 0.160. The quantitative estimate of drug-likeness (QED) is 0.470. The summed E-state index contributed by atoms with van der Waals surface area (Å²) in [6.07, 6.45) is 0. The predicted octanol–water partition coefficient (Wildman–Crippen LogP) is 5.17. The summed E-state index contributed by atoms with van der Waals surface area (Å²) in [4.78, 5) is 24.1. The maximum absolute atomic E-state index is 12.8. The number of benzene rings is 3. The van der Waals surface area contributed by atoms with Crippen LogP contribution in [-0.4, -0.2) is 47.1 Å². The number of amides is 1. The maximum atomic E-state index is 12.8. The van der Waals surface area contributed by atoms with Crippen LogP contribution in [0.1, 0.15) is 10.4 Å². The summed E-state index contributed by atoms with van der Waals surface area (Å²) in [5, 5.41) is 4.78. The molecule has 4 aromatic rings. The topological polar surface area (TPSA) is 67.4 Å². The predicted molar refractivity (Wildman–Crippen MR) is 126 cm³/mol. The minimum Gasteiger partial charge on any atom is -0.378 e. The lowest BCUT2D eigenvalue weighted by molar-refractivity contribution is 0.0303. The third-order valence-corrected chi connectivity index (χ3v) is 5.60. The minimum atomic E-state index is -0.00371. The average Bonchev–Trinajstić information content (AvgIpc) is 2.84. The van der Waals surface area contributed by atoms with Crippen molar-refractivity contribution in [2.45, 2.75) is 0 Å². The number of nitrogens with one attached hydrogen (secondary N) is 1. The number of fused-ring (bicyclic) bond motifs is 1. The number of ether oxygens (including phenoxy) is 1. The van der Waals surface area contributed by atoms with Crippen molar-refractivity contribution in [3.63, 3.8) is 0 Å². The van der Waals surface area contributed by atoms with Gasteiger partial charge >= 0.3 is 0 Å². The van der Waals surface area contributed by atoms with Gasteiger partial charge in [-0.25, -0.2) is 9.97 Å². The van der Waals surface area contributed by atoms with Crippen molar-refractivity contribution in [3.05, 3.63) is 83.4 Å². The molecule has 0 spiro atoms. The number of rotatable bonds is 4. The Hall–Kier alpha value is -3.48. The van der Waals surface area contributed by atoms with Gasteiger partial charge in [0.05, 0.1) is 24.4 Å². The highest BCUT2D eigenvalue weighted by atomic mass is 35.5. The van der Waals surface area contributed by atoms with E-state index in [9.17, 15) is 4.79 Å². The summed E-state index contributed by atoms with van der Waals surface area (Å²) >= 11 is 6.24. The molecule has 1 aliphatic heterocycles. The van der Waals surface area contributed by atoms with Crippen molar-refractivity contribution >= 4 is 40.0 Å². The molecule has 1 saturated heterocycles. The van der Waals surface area contributed by atoms with Crippen LogP contribution in [0.15, 0.2) is 72.8 Å². The molecule has 6 nitrogen and oxygen atoms in total. The van der Waals surface area contributed by atoms with Gasteiger partial charge in [0.1, 0.15) is 0 Å². The van der Waals surface area contributed by atoms with Gasteiger partial charge in [0.2, 0.25) is 5.95 Å². The molecule has 1 N–H and O–H groups in total. The Morgan fingerprint density at radius 3 is 2.56 bits per heavy atom. The number of aromatic nitrogens is 2. The van der Waals surface area contributed by atoms with Crippen LogP contribution in [0.4, 0.5) is 11.6 Å². The second kappa shape index (κ2) is 8.94. The number of carbonyl (C=O) groups is 1.